The molecule has 1 aromatic rings. The molecule has 7 heteroatoms. The average molecular weight is 394 g/mol. The summed E-state index contributed by atoms with van der Waals surface area (Å²) in [6.07, 6.45) is 0.575. The second kappa shape index (κ2) is 12.8. The monoisotopic (exact) mass is 393 g/mol. The molecule has 1 saturated heterocycles. The lowest BCUT2D eigenvalue weighted by Crippen LogP contribution is -2.41. The minimum absolute atomic E-state index is 0. The van der Waals surface area contributed by atoms with Gasteiger partial charge in [-0.1, -0.05) is 31.2 Å². The molecule has 1 aromatic carbocycles. The predicted octanol–water partition coefficient (Wildman–Crippen LogP) is 2.69. The van der Waals surface area contributed by atoms with Gasteiger partial charge in [0, 0.05) is 43.6 Å². The SMILES string of the molecule is CCN(C)Cc1cccc(CNC(=O)CC2CSCCN2)c1.Cl.Cl. The van der Waals surface area contributed by atoms with E-state index in [1.54, 1.807) is 0 Å². The van der Waals surface area contributed by atoms with Crippen LogP contribution in [0.2, 0.25) is 0 Å². The van der Waals surface area contributed by atoms with Crippen LogP contribution in [-0.2, 0) is 17.9 Å². The molecule has 2 N–H and O–H groups in total. The van der Waals surface area contributed by atoms with Crippen molar-refractivity contribution >= 4 is 42.5 Å². The first kappa shape index (κ1) is 23.5. The topological polar surface area (TPSA) is 44.4 Å². The minimum Gasteiger partial charge on any atom is -0.352 e. The summed E-state index contributed by atoms with van der Waals surface area (Å²) in [6.45, 7) is 5.76. The molecule has 4 nitrogen and oxygen atoms in total. The molecule has 2 rings (SSSR count). The normalized spacial score (nSPS) is 16.9. The van der Waals surface area contributed by atoms with E-state index < -0.39 is 0 Å². The van der Waals surface area contributed by atoms with Gasteiger partial charge in [0.05, 0.1) is 0 Å². The minimum atomic E-state index is 0. The highest BCUT2D eigenvalue weighted by Gasteiger charge is 2.16. The zero-order valence-corrected chi connectivity index (χ0v) is 16.9. The molecule has 138 valence electrons. The Kier molecular flexibility index (Phi) is 12.6. The first-order chi connectivity index (χ1) is 10.7. The lowest BCUT2D eigenvalue weighted by molar-refractivity contribution is -0.121. The third kappa shape index (κ3) is 8.58. The molecule has 0 bridgehead atoms. The number of hydrogen-bond donors (Lipinski definition) is 2. The van der Waals surface area contributed by atoms with Gasteiger partial charge in [0.15, 0.2) is 0 Å². The van der Waals surface area contributed by atoms with E-state index >= 15 is 0 Å². The van der Waals surface area contributed by atoms with Gasteiger partial charge in [-0.2, -0.15) is 11.8 Å². The van der Waals surface area contributed by atoms with Crippen LogP contribution in [0.15, 0.2) is 24.3 Å². The lowest BCUT2D eigenvalue weighted by atomic mass is 10.1. The second-order valence-corrected chi connectivity index (χ2v) is 7.01. The fourth-order valence-electron chi connectivity index (χ4n) is 2.51. The van der Waals surface area contributed by atoms with E-state index in [4.69, 9.17) is 0 Å². The van der Waals surface area contributed by atoms with Crippen LogP contribution < -0.4 is 10.6 Å². The van der Waals surface area contributed by atoms with Crippen LogP contribution in [0.3, 0.4) is 0 Å². The first-order valence-corrected chi connectivity index (χ1v) is 9.17. The van der Waals surface area contributed by atoms with Crippen LogP contribution in [0, 0.1) is 0 Å². The number of hydrogen-bond acceptors (Lipinski definition) is 4. The van der Waals surface area contributed by atoms with Crippen LogP contribution >= 0.6 is 36.6 Å². The van der Waals surface area contributed by atoms with Crippen molar-refractivity contribution in [2.75, 3.05) is 31.6 Å². The summed E-state index contributed by atoms with van der Waals surface area (Å²) in [5.41, 5.74) is 2.46. The van der Waals surface area contributed by atoms with E-state index in [-0.39, 0.29) is 30.7 Å². The van der Waals surface area contributed by atoms with Crippen LogP contribution in [0.25, 0.3) is 0 Å². The van der Waals surface area contributed by atoms with Gasteiger partial charge in [-0.3, -0.25) is 4.79 Å². The van der Waals surface area contributed by atoms with Crippen molar-refractivity contribution in [3.63, 3.8) is 0 Å². The molecular weight excluding hydrogens is 365 g/mol. The zero-order chi connectivity index (χ0) is 15.8. The Bertz CT molecular complexity index is 485. The highest BCUT2D eigenvalue weighted by molar-refractivity contribution is 7.99. The molecule has 0 aromatic heterocycles. The van der Waals surface area contributed by atoms with E-state index in [2.05, 4.69) is 53.8 Å². The summed E-state index contributed by atoms with van der Waals surface area (Å²) in [5, 5.41) is 6.44. The summed E-state index contributed by atoms with van der Waals surface area (Å²) in [6, 6.07) is 8.79. The molecular formula is C17H29Cl2N3OS. The Morgan fingerprint density at radius 2 is 2.12 bits per heavy atom. The van der Waals surface area contributed by atoms with Crippen molar-refractivity contribution in [2.45, 2.75) is 32.5 Å². The number of nitrogens with zero attached hydrogens (tertiary/aromatic N) is 1. The van der Waals surface area contributed by atoms with Gasteiger partial charge in [0.2, 0.25) is 5.91 Å². The third-order valence-electron chi connectivity index (χ3n) is 3.90. The Labute approximate surface area is 162 Å². The van der Waals surface area contributed by atoms with Crippen LogP contribution in [-0.4, -0.2) is 48.5 Å². The van der Waals surface area contributed by atoms with E-state index in [0.717, 1.165) is 31.1 Å². The quantitative estimate of drug-likeness (QED) is 0.747. The maximum Gasteiger partial charge on any atom is 0.221 e. The number of thioether (sulfide) groups is 1. The number of amides is 1. The van der Waals surface area contributed by atoms with Crippen molar-refractivity contribution in [1.29, 1.82) is 0 Å². The highest BCUT2D eigenvalue weighted by Crippen LogP contribution is 2.11. The van der Waals surface area contributed by atoms with Crippen molar-refractivity contribution in [1.82, 2.24) is 15.5 Å². The van der Waals surface area contributed by atoms with Crippen molar-refractivity contribution in [3.05, 3.63) is 35.4 Å². The Morgan fingerprint density at radius 3 is 2.79 bits per heavy atom. The summed E-state index contributed by atoms with van der Waals surface area (Å²) in [7, 11) is 2.11. The number of rotatable bonds is 7. The molecule has 1 atom stereocenters. The molecule has 24 heavy (non-hydrogen) atoms. The third-order valence-corrected chi connectivity index (χ3v) is 5.03. The van der Waals surface area contributed by atoms with Gasteiger partial charge in [0.1, 0.15) is 0 Å². The number of nitrogens with one attached hydrogen (secondary N) is 2. The summed E-state index contributed by atoms with van der Waals surface area (Å²) in [4.78, 5) is 14.3. The van der Waals surface area contributed by atoms with Crippen LogP contribution in [0.5, 0.6) is 0 Å². The average Bonchev–Trinajstić information content (AvgIpc) is 2.54. The van der Waals surface area contributed by atoms with Gasteiger partial charge in [0.25, 0.3) is 0 Å². The van der Waals surface area contributed by atoms with E-state index in [1.165, 1.54) is 11.1 Å². The Hall–Kier alpha value is -0.460. The molecule has 0 spiro atoms. The van der Waals surface area contributed by atoms with Gasteiger partial charge in [-0.25, -0.2) is 0 Å². The van der Waals surface area contributed by atoms with Crippen LogP contribution in [0.1, 0.15) is 24.5 Å². The van der Waals surface area contributed by atoms with E-state index in [1.807, 2.05) is 11.8 Å². The van der Waals surface area contributed by atoms with Gasteiger partial charge < -0.3 is 15.5 Å². The molecule has 0 saturated carbocycles. The molecule has 1 heterocycles. The second-order valence-electron chi connectivity index (χ2n) is 5.86. The van der Waals surface area contributed by atoms with E-state index in [9.17, 15) is 4.79 Å². The maximum atomic E-state index is 12.0. The van der Waals surface area contributed by atoms with E-state index in [0.29, 0.717) is 19.0 Å². The number of carbonyl (C=O) groups is 1. The standard InChI is InChI=1S/C17H27N3OS.2ClH/c1-3-20(2)12-15-6-4-5-14(9-15)11-19-17(21)10-16-13-22-8-7-18-16;;/h4-6,9,16,18H,3,7-8,10-13H2,1-2H3,(H,19,21);2*1H. The smallest absolute Gasteiger partial charge is 0.221 e. The van der Waals surface area contributed by atoms with Crippen molar-refractivity contribution < 1.29 is 4.79 Å². The summed E-state index contributed by atoms with van der Waals surface area (Å²) >= 11 is 1.92. The lowest BCUT2D eigenvalue weighted by Gasteiger charge is -2.22. The van der Waals surface area contributed by atoms with Gasteiger partial charge >= 0.3 is 0 Å². The predicted molar refractivity (Wildman–Crippen MR) is 109 cm³/mol. The zero-order valence-electron chi connectivity index (χ0n) is 14.4. The van der Waals surface area contributed by atoms with Crippen molar-refractivity contribution in [2.24, 2.45) is 0 Å². The Morgan fingerprint density at radius 1 is 1.38 bits per heavy atom. The molecule has 1 amide bonds. The summed E-state index contributed by atoms with van der Waals surface area (Å²) in [5.74, 6) is 2.32. The molecule has 1 aliphatic heterocycles. The molecule has 0 aliphatic carbocycles. The Balaban J connectivity index is 0.00000264. The van der Waals surface area contributed by atoms with Crippen LogP contribution in [0.4, 0.5) is 0 Å². The van der Waals surface area contributed by atoms with Crippen molar-refractivity contribution in [3.8, 4) is 0 Å². The number of benzene rings is 1. The number of carbonyl (C=O) groups excluding carboxylic acids is 1. The number of halogens is 2. The highest BCUT2D eigenvalue weighted by atomic mass is 35.5. The maximum absolute atomic E-state index is 12.0. The molecule has 1 fully saturated rings. The molecule has 1 aliphatic rings. The fourth-order valence-corrected chi connectivity index (χ4v) is 3.46. The molecule has 1 unspecified atom stereocenters. The van der Waals surface area contributed by atoms with Gasteiger partial charge in [-0.15, -0.1) is 24.8 Å². The largest absolute Gasteiger partial charge is 0.352 e. The fraction of sp³-hybridized carbons (Fsp3) is 0.588. The molecule has 0 radical (unpaired) electrons. The summed E-state index contributed by atoms with van der Waals surface area (Å²) < 4.78 is 0. The van der Waals surface area contributed by atoms with Gasteiger partial charge in [-0.05, 0) is 24.7 Å². The first-order valence-electron chi connectivity index (χ1n) is 8.01.